The van der Waals surface area contributed by atoms with Crippen LogP contribution in [0.2, 0.25) is 0 Å². The lowest BCUT2D eigenvalue weighted by atomic mass is 10.1. The molecule has 0 fully saturated rings. The fourth-order valence-electron chi connectivity index (χ4n) is 1.76. The first kappa shape index (κ1) is 14.3. The molecule has 1 heterocycles. The fraction of sp³-hybridized carbons (Fsp3) is 0.429. The minimum atomic E-state index is 0.744. The highest BCUT2D eigenvalue weighted by Crippen LogP contribution is 2.22. The van der Waals surface area contributed by atoms with Crippen LogP contribution in [0, 0.1) is 20.8 Å². The Morgan fingerprint density at radius 3 is 2.47 bits per heavy atom. The van der Waals surface area contributed by atoms with Crippen molar-refractivity contribution >= 4 is 23.1 Å². The summed E-state index contributed by atoms with van der Waals surface area (Å²) in [5.41, 5.74) is 2.49. The van der Waals surface area contributed by atoms with Crippen LogP contribution in [-0.2, 0) is 0 Å². The van der Waals surface area contributed by atoms with Crippen LogP contribution < -0.4 is 4.74 Å². The normalized spacial score (nSPS) is 10.7. The molecule has 19 heavy (non-hydrogen) atoms. The zero-order chi connectivity index (χ0) is 13.7. The van der Waals surface area contributed by atoms with Gasteiger partial charge in [-0.25, -0.2) is 0 Å². The Labute approximate surface area is 122 Å². The number of hydrogen-bond donors (Lipinski definition) is 0. The molecule has 0 aliphatic carbocycles. The lowest BCUT2D eigenvalue weighted by Crippen LogP contribution is -1.99. The number of aromatic nitrogens is 2. The molecule has 2 aromatic rings. The van der Waals surface area contributed by atoms with Gasteiger partial charge in [-0.05, 0) is 50.5 Å². The monoisotopic (exact) mass is 294 g/mol. The molecular formula is C14H18N2OS2. The van der Waals surface area contributed by atoms with Gasteiger partial charge in [0.15, 0.2) is 4.34 Å². The molecule has 1 aromatic carbocycles. The summed E-state index contributed by atoms with van der Waals surface area (Å²) in [6, 6.07) is 6.31. The molecular weight excluding hydrogens is 276 g/mol. The van der Waals surface area contributed by atoms with Crippen molar-refractivity contribution in [2.45, 2.75) is 31.5 Å². The van der Waals surface area contributed by atoms with Gasteiger partial charge in [0, 0.05) is 5.75 Å². The van der Waals surface area contributed by atoms with E-state index in [-0.39, 0.29) is 0 Å². The minimum Gasteiger partial charge on any atom is -0.494 e. The predicted molar refractivity (Wildman–Crippen MR) is 81.4 cm³/mol. The average Bonchev–Trinajstić information content (AvgIpc) is 2.73. The molecule has 2 rings (SSSR count). The van der Waals surface area contributed by atoms with Crippen molar-refractivity contribution in [3.63, 3.8) is 0 Å². The van der Waals surface area contributed by atoms with Crippen LogP contribution in [0.3, 0.4) is 0 Å². The number of benzene rings is 1. The largest absolute Gasteiger partial charge is 0.494 e. The number of hydrogen-bond acceptors (Lipinski definition) is 5. The van der Waals surface area contributed by atoms with Crippen LogP contribution in [-0.4, -0.2) is 22.6 Å². The summed E-state index contributed by atoms with van der Waals surface area (Å²) < 4.78 is 6.81. The second-order valence-electron chi connectivity index (χ2n) is 4.46. The quantitative estimate of drug-likeness (QED) is 0.595. The Hall–Kier alpha value is -1.07. The van der Waals surface area contributed by atoms with Gasteiger partial charge >= 0.3 is 0 Å². The summed E-state index contributed by atoms with van der Waals surface area (Å²) in [4.78, 5) is 0. The summed E-state index contributed by atoms with van der Waals surface area (Å²) >= 11 is 3.39. The van der Waals surface area contributed by atoms with Crippen molar-refractivity contribution in [1.82, 2.24) is 10.2 Å². The van der Waals surface area contributed by atoms with Crippen LogP contribution in [0.15, 0.2) is 22.5 Å². The molecule has 1 aromatic heterocycles. The molecule has 3 nitrogen and oxygen atoms in total. The lowest BCUT2D eigenvalue weighted by Gasteiger charge is -2.07. The molecule has 0 aliphatic rings. The van der Waals surface area contributed by atoms with E-state index in [1.165, 1.54) is 11.1 Å². The van der Waals surface area contributed by atoms with Crippen LogP contribution in [0.1, 0.15) is 22.6 Å². The van der Waals surface area contributed by atoms with E-state index in [0.717, 1.165) is 33.9 Å². The smallest absolute Gasteiger partial charge is 0.174 e. The van der Waals surface area contributed by atoms with Crippen molar-refractivity contribution < 1.29 is 4.74 Å². The van der Waals surface area contributed by atoms with E-state index in [2.05, 4.69) is 42.2 Å². The van der Waals surface area contributed by atoms with Crippen molar-refractivity contribution in [3.05, 3.63) is 34.3 Å². The number of nitrogens with zero attached hydrogens (tertiary/aromatic N) is 2. The first-order chi connectivity index (χ1) is 9.13. The zero-order valence-corrected chi connectivity index (χ0v) is 13.1. The highest BCUT2D eigenvalue weighted by atomic mass is 32.2. The van der Waals surface area contributed by atoms with Gasteiger partial charge in [-0.2, -0.15) is 0 Å². The Kier molecular flexibility index (Phi) is 5.22. The number of rotatable bonds is 6. The molecule has 0 spiro atoms. The van der Waals surface area contributed by atoms with E-state index in [0.29, 0.717) is 0 Å². The number of ether oxygens (including phenoxy) is 1. The molecule has 0 aliphatic heterocycles. The first-order valence-electron chi connectivity index (χ1n) is 6.27. The molecule has 0 amide bonds. The first-order valence-corrected chi connectivity index (χ1v) is 8.08. The fourth-order valence-corrected chi connectivity index (χ4v) is 3.56. The molecule has 0 N–H and O–H groups in total. The van der Waals surface area contributed by atoms with Gasteiger partial charge in [0.05, 0.1) is 6.61 Å². The summed E-state index contributed by atoms with van der Waals surface area (Å²) in [6.45, 7) is 6.90. The molecule has 0 saturated heterocycles. The molecule has 0 radical (unpaired) electrons. The van der Waals surface area contributed by atoms with E-state index in [9.17, 15) is 0 Å². The molecule has 0 unspecified atom stereocenters. The Morgan fingerprint density at radius 2 is 1.84 bits per heavy atom. The van der Waals surface area contributed by atoms with E-state index >= 15 is 0 Å². The predicted octanol–water partition coefficient (Wildman–Crippen LogP) is 4.02. The van der Waals surface area contributed by atoms with Crippen molar-refractivity contribution in [1.29, 1.82) is 0 Å². The molecule has 102 valence electrons. The Morgan fingerprint density at radius 1 is 1.11 bits per heavy atom. The summed E-state index contributed by atoms with van der Waals surface area (Å²) in [5, 5.41) is 9.11. The van der Waals surface area contributed by atoms with Gasteiger partial charge in [-0.1, -0.05) is 29.2 Å². The SMILES string of the molecule is Cc1cc(C)cc(OCCCSc2nnc(C)s2)c1. The highest BCUT2D eigenvalue weighted by Gasteiger charge is 2.01. The third-order valence-corrected chi connectivity index (χ3v) is 4.54. The minimum absolute atomic E-state index is 0.744. The topological polar surface area (TPSA) is 35.0 Å². The highest BCUT2D eigenvalue weighted by molar-refractivity contribution is 8.01. The Bertz CT molecular complexity index is 520. The van der Waals surface area contributed by atoms with Gasteiger partial charge in [0.1, 0.15) is 10.8 Å². The Balaban J connectivity index is 1.69. The summed E-state index contributed by atoms with van der Waals surface area (Å²) in [6.07, 6.45) is 1.01. The van der Waals surface area contributed by atoms with E-state index in [1.54, 1.807) is 23.1 Å². The van der Waals surface area contributed by atoms with Gasteiger partial charge in [0.2, 0.25) is 0 Å². The second-order valence-corrected chi connectivity index (χ2v) is 6.98. The molecule has 0 bridgehead atoms. The molecule has 0 saturated carbocycles. The third kappa shape index (κ3) is 4.84. The van der Waals surface area contributed by atoms with Crippen LogP contribution in [0.5, 0.6) is 5.75 Å². The third-order valence-electron chi connectivity index (χ3n) is 2.49. The lowest BCUT2D eigenvalue weighted by molar-refractivity contribution is 0.318. The number of thioether (sulfide) groups is 1. The van der Waals surface area contributed by atoms with Gasteiger partial charge < -0.3 is 4.74 Å². The maximum Gasteiger partial charge on any atom is 0.174 e. The molecule has 5 heteroatoms. The van der Waals surface area contributed by atoms with E-state index in [4.69, 9.17) is 4.74 Å². The van der Waals surface area contributed by atoms with Gasteiger partial charge in [0.25, 0.3) is 0 Å². The summed E-state index contributed by atoms with van der Waals surface area (Å²) in [7, 11) is 0. The van der Waals surface area contributed by atoms with E-state index < -0.39 is 0 Å². The van der Waals surface area contributed by atoms with Crippen LogP contribution in [0.4, 0.5) is 0 Å². The standard InChI is InChI=1S/C14H18N2OS2/c1-10-7-11(2)9-13(8-10)17-5-4-6-18-14-16-15-12(3)19-14/h7-9H,4-6H2,1-3H3. The van der Waals surface area contributed by atoms with E-state index in [1.807, 2.05) is 6.92 Å². The van der Waals surface area contributed by atoms with Gasteiger partial charge in [-0.15, -0.1) is 10.2 Å². The average molecular weight is 294 g/mol. The van der Waals surface area contributed by atoms with Gasteiger partial charge in [-0.3, -0.25) is 0 Å². The maximum atomic E-state index is 5.76. The van der Waals surface area contributed by atoms with Crippen LogP contribution in [0.25, 0.3) is 0 Å². The second kappa shape index (κ2) is 6.91. The molecule has 0 atom stereocenters. The zero-order valence-electron chi connectivity index (χ0n) is 11.5. The van der Waals surface area contributed by atoms with Crippen molar-refractivity contribution in [3.8, 4) is 5.75 Å². The number of aryl methyl sites for hydroxylation is 3. The van der Waals surface area contributed by atoms with Crippen LogP contribution >= 0.6 is 23.1 Å². The van der Waals surface area contributed by atoms with Crippen molar-refractivity contribution in [2.75, 3.05) is 12.4 Å². The maximum absolute atomic E-state index is 5.76. The summed E-state index contributed by atoms with van der Waals surface area (Å²) in [5.74, 6) is 1.98. The van der Waals surface area contributed by atoms with Crippen molar-refractivity contribution in [2.24, 2.45) is 0 Å².